The van der Waals surface area contributed by atoms with E-state index in [2.05, 4.69) is 10.3 Å². The van der Waals surface area contributed by atoms with Crippen LogP contribution in [0.5, 0.6) is 0 Å². The van der Waals surface area contributed by atoms with Crippen LogP contribution >= 0.6 is 0 Å². The lowest BCUT2D eigenvalue weighted by atomic mass is 10.2. The number of nitrogens with zero attached hydrogens (tertiary/aromatic N) is 3. The Kier molecular flexibility index (Phi) is 3.36. The van der Waals surface area contributed by atoms with Gasteiger partial charge in [0.05, 0.1) is 18.1 Å². The summed E-state index contributed by atoms with van der Waals surface area (Å²) in [5.74, 6) is -0.110. The lowest BCUT2D eigenvalue weighted by Gasteiger charge is -2.07. The number of imidazole rings is 1. The van der Waals surface area contributed by atoms with Crippen molar-refractivity contribution in [1.29, 1.82) is 5.26 Å². The largest absolute Gasteiger partial charge is 0.326 e. The number of hydrogen-bond donors (Lipinski definition) is 1. The molecule has 1 aromatic carbocycles. The molecule has 5 nitrogen and oxygen atoms in total. The monoisotopic (exact) mass is 276 g/mol. The fourth-order valence-corrected chi connectivity index (χ4v) is 2.15. The highest BCUT2D eigenvalue weighted by atomic mass is 16.1. The summed E-state index contributed by atoms with van der Waals surface area (Å²) in [6, 6.07) is 14.5. The molecule has 0 saturated carbocycles. The van der Waals surface area contributed by atoms with Crippen LogP contribution in [-0.2, 0) is 11.2 Å². The summed E-state index contributed by atoms with van der Waals surface area (Å²) >= 11 is 0. The number of pyridine rings is 1. The Labute approximate surface area is 121 Å². The molecular formula is C16H12N4O. The minimum absolute atomic E-state index is 0.110. The average Bonchev–Trinajstić information content (AvgIpc) is 2.97. The van der Waals surface area contributed by atoms with Gasteiger partial charge in [0, 0.05) is 23.8 Å². The van der Waals surface area contributed by atoms with Crippen molar-refractivity contribution in [3.63, 3.8) is 0 Å². The van der Waals surface area contributed by atoms with Crippen molar-refractivity contribution >= 4 is 17.2 Å². The smallest absolute Gasteiger partial charge is 0.230 e. The van der Waals surface area contributed by atoms with Gasteiger partial charge in [0.2, 0.25) is 5.91 Å². The maximum absolute atomic E-state index is 12.1. The molecule has 102 valence electrons. The van der Waals surface area contributed by atoms with Crippen LogP contribution in [-0.4, -0.2) is 15.3 Å². The highest BCUT2D eigenvalue weighted by Crippen LogP contribution is 2.11. The number of rotatable bonds is 3. The zero-order valence-electron chi connectivity index (χ0n) is 11.2. The second-order valence-corrected chi connectivity index (χ2v) is 4.59. The number of nitriles is 1. The standard InChI is InChI=1S/C16H12N4O/c17-11-12-4-6-13(7-5-12)19-16(21)10-14-2-1-3-15-18-8-9-20(14)15/h1-9H,10H2,(H,19,21). The molecule has 1 N–H and O–H groups in total. The first-order chi connectivity index (χ1) is 10.3. The SMILES string of the molecule is N#Cc1ccc(NC(=O)Cc2cccc3nccn23)cc1. The minimum Gasteiger partial charge on any atom is -0.326 e. The van der Waals surface area contributed by atoms with Crippen LogP contribution < -0.4 is 5.32 Å². The summed E-state index contributed by atoms with van der Waals surface area (Å²) in [5.41, 5.74) is 2.93. The Morgan fingerprint density at radius 1 is 1.24 bits per heavy atom. The van der Waals surface area contributed by atoms with E-state index in [4.69, 9.17) is 5.26 Å². The van der Waals surface area contributed by atoms with Gasteiger partial charge >= 0.3 is 0 Å². The van der Waals surface area contributed by atoms with Crippen molar-refractivity contribution in [2.75, 3.05) is 5.32 Å². The summed E-state index contributed by atoms with van der Waals surface area (Å²) in [4.78, 5) is 16.3. The van der Waals surface area contributed by atoms with E-state index in [0.29, 0.717) is 11.3 Å². The van der Waals surface area contributed by atoms with Crippen LogP contribution in [0.2, 0.25) is 0 Å². The highest BCUT2D eigenvalue weighted by molar-refractivity contribution is 5.92. The number of aromatic nitrogens is 2. The summed E-state index contributed by atoms with van der Waals surface area (Å²) in [5, 5.41) is 11.6. The van der Waals surface area contributed by atoms with Crippen LogP contribution in [0.15, 0.2) is 54.9 Å². The van der Waals surface area contributed by atoms with E-state index >= 15 is 0 Å². The van der Waals surface area contributed by atoms with Crippen LogP contribution in [0, 0.1) is 11.3 Å². The second-order valence-electron chi connectivity index (χ2n) is 4.59. The van der Waals surface area contributed by atoms with E-state index in [0.717, 1.165) is 11.3 Å². The molecule has 3 rings (SSSR count). The van der Waals surface area contributed by atoms with Gasteiger partial charge < -0.3 is 9.72 Å². The molecule has 0 spiro atoms. The third kappa shape index (κ3) is 2.74. The van der Waals surface area contributed by atoms with Crippen LogP contribution in [0.1, 0.15) is 11.3 Å². The van der Waals surface area contributed by atoms with Crippen molar-refractivity contribution in [2.45, 2.75) is 6.42 Å². The number of fused-ring (bicyclic) bond motifs is 1. The predicted molar refractivity (Wildman–Crippen MR) is 78.7 cm³/mol. The maximum Gasteiger partial charge on any atom is 0.230 e. The molecule has 0 radical (unpaired) electrons. The summed E-state index contributed by atoms with van der Waals surface area (Å²) in [6.45, 7) is 0. The van der Waals surface area contributed by atoms with E-state index in [1.165, 1.54) is 0 Å². The first-order valence-electron chi connectivity index (χ1n) is 6.47. The molecule has 0 bridgehead atoms. The van der Waals surface area contributed by atoms with Gasteiger partial charge in [-0.15, -0.1) is 0 Å². The van der Waals surface area contributed by atoms with Gasteiger partial charge in [0.25, 0.3) is 0 Å². The van der Waals surface area contributed by atoms with Crippen molar-refractivity contribution in [3.8, 4) is 6.07 Å². The Bertz CT molecular complexity index is 827. The number of nitrogens with one attached hydrogen (secondary N) is 1. The van der Waals surface area contributed by atoms with E-state index in [9.17, 15) is 4.79 Å². The Morgan fingerprint density at radius 2 is 2.05 bits per heavy atom. The number of hydrogen-bond acceptors (Lipinski definition) is 3. The van der Waals surface area contributed by atoms with E-state index in [-0.39, 0.29) is 12.3 Å². The van der Waals surface area contributed by atoms with Crippen molar-refractivity contribution in [3.05, 3.63) is 66.1 Å². The molecule has 1 amide bonds. The Hall–Kier alpha value is -3.13. The quantitative estimate of drug-likeness (QED) is 0.798. The fraction of sp³-hybridized carbons (Fsp3) is 0.0625. The summed E-state index contributed by atoms with van der Waals surface area (Å²) < 4.78 is 1.89. The van der Waals surface area contributed by atoms with E-state index < -0.39 is 0 Å². The Morgan fingerprint density at radius 3 is 2.81 bits per heavy atom. The molecule has 0 aliphatic carbocycles. The van der Waals surface area contributed by atoms with Crippen molar-refractivity contribution in [1.82, 2.24) is 9.38 Å². The average molecular weight is 276 g/mol. The van der Waals surface area contributed by atoms with E-state index in [1.807, 2.05) is 34.9 Å². The van der Waals surface area contributed by atoms with Crippen LogP contribution in [0.25, 0.3) is 5.65 Å². The van der Waals surface area contributed by atoms with Crippen LogP contribution in [0.3, 0.4) is 0 Å². The molecule has 3 aromatic rings. The van der Waals surface area contributed by atoms with Crippen molar-refractivity contribution < 1.29 is 4.79 Å². The first-order valence-corrected chi connectivity index (χ1v) is 6.47. The molecule has 0 aliphatic heterocycles. The van der Waals surface area contributed by atoms with Gasteiger partial charge in [0.1, 0.15) is 5.65 Å². The lowest BCUT2D eigenvalue weighted by Crippen LogP contribution is -2.16. The number of benzene rings is 1. The maximum atomic E-state index is 12.1. The molecule has 0 atom stereocenters. The van der Waals surface area contributed by atoms with Gasteiger partial charge in [-0.3, -0.25) is 4.79 Å². The zero-order chi connectivity index (χ0) is 14.7. The molecule has 5 heteroatoms. The number of anilines is 1. The molecule has 0 aliphatic rings. The molecule has 0 fully saturated rings. The van der Waals surface area contributed by atoms with Gasteiger partial charge in [-0.05, 0) is 36.4 Å². The fourth-order valence-electron chi connectivity index (χ4n) is 2.15. The number of amides is 1. The molecule has 2 aromatic heterocycles. The second kappa shape index (κ2) is 5.47. The zero-order valence-corrected chi connectivity index (χ0v) is 11.2. The van der Waals surface area contributed by atoms with E-state index in [1.54, 1.807) is 30.5 Å². The lowest BCUT2D eigenvalue weighted by molar-refractivity contribution is -0.115. The molecule has 21 heavy (non-hydrogen) atoms. The minimum atomic E-state index is -0.110. The van der Waals surface area contributed by atoms with Gasteiger partial charge in [0.15, 0.2) is 0 Å². The van der Waals surface area contributed by atoms with Crippen LogP contribution in [0.4, 0.5) is 5.69 Å². The van der Waals surface area contributed by atoms with Gasteiger partial charge in [-0.1, -0.05) is 6.07 Å². The first kappa shape index (κ1) is 12.9. The third-order valence-corrected chi connectivity index (χ3v) is 3.15. The topological polar surface area (TPSA) is 70.2 Å². The molecular weight excluding hydrogens is 264 g/mol. The third-order valence-electron chi connectivity index (χ3n) is 3.15. The number of carbonyl (C=O) groups is 1. The summed E-state index contributed by atoms with van der Waals surface area (Å²) in [7, 11) is 0. The number of carbonyl (C=O) groups excluding carboxylic acids is 1. The summed E-state index contributed by atoms with van der Waals surface area (Å²) in [6.07, 6.45) is 3.80. The van der Waals surface area contributed by atoms with Crippen molar-refractivity contribution in [2.24, 2.45) is 0 Å². The molecule has 2 heterocycles. The van der Waals surface area contributed by atoms with Gasteiger partial charge in [-0.2, -0.15) is 5.26 Å². The van der Waals surface area contributed by atoms with Gasteiger partial charge in [-0.25, -0.2) is 4.98 Å². The molecule has 0 saturated heterocycles. The normalized spacial score (nSPS) is 10.2. The molecule has 0 unspecified atom stereocenters. The highest BCUT2D eigenvalue weighted by Gasteiger charge is 2.07. The predicted octanol–water partition coefficient (Wildman–Crippen LogP) is 2.39. The Balaban J connectivity index is 1.74.